The maximum atomic E-state index is 13.7. The summed E-state index contributed by atoms with van der Waals surface area (Å²) in [4.78, 5) is 28.4. The van der Waals surface area contributed by atoms with E-state index in [0.29, 0.717) is 17.6 Å². The van der Waals surface area contributed by atoms with Crippen LogP contribution in [0.5, 0.6) is 0 Å². The molecule has 0 spiro atoms. The predicted octanol–water partition coefficient (Wildman–Crippen LogP) is 3.39. The van der Waals surface area contributed by atoms with Gasteiger partial charge in [0.25, 0.3) is 0 Å². The van der Waals surface area contributed by atoms with Gasteiger partial charge in [0.2, 0.25) is 5.82 Å². The minimum Gasteiger partial charge on any atom is -0.357 e. The van der Waals surface area contributed by atoms with Gasteiger partial charge in [0.1, 0.15) is 11.5 Å². The highest BCUT2D eigenvalue weighted by molar-refractivity contribution is 7.99. The first-order chi connectivity index (χ1) is 12.5. The van der Waals surface area contributed by atoms with E-state index in [-0.39, 0.29) is 17.7 Å². The smallest absolute Gasteiger partial charge is 0.357 e. The summed E-state index contributed by atoms with van der Waals surface area (Å²) >= 11 is 1.60. The number of rotatable bonds is 3. The lowest BCUT2D eigenvalue weighted by Crippen LogP contribution is -2.24. The fraction of sp³-hybridized carbons (Fsp3) is 0.176. The zero-order chi connectivity index (χ0) is 18.3. The second-order valence-electron chi connectivity index (χ2n) is 5.82. The molecule has 3 aromatic rings. The molecule has 0 radical (unpaired) electrons. The zero-order valence-electron chi connectivity index (χ0n) is 13.4. The number of hydrogen-bond donors (Lipinski definition) is 1. The summed E-state index contributed by atoms with van der Waals surface area (Å²) in [6.45, 7) is 0. The van der Waals surface area contributed by atoms with E-state index in [1.807, 2.05) is 0 Å². The largest absolute Gasteiger partial charge is 0.376 e. The number of hydrogen-bond acceptors (Lipinski definition) is 6. The van der Waals surface area contributed by atoms with Crippen LogP contribution < -0.4 is 10.9 Å². The number of thioether (sulfide) groups is 1. The van der Waals surface area contributed by atoms with Gasteiger partial charge in [-0.25, -0.2) is 9.37 Å². The fourth-order valence-corrected chi connectivity index (χ4v) is 4.13. The number of anilines is 1. The number of benzene rings is 1. The normalized spacial score (nSPS) is 16.3. The van der Waals surface area contributed by atoms with Gasteiger partial charge in [-0.3, -0.25) is 19.3 Å². The van der Waals surface area contributed by atoms with E-state index < -0.39 is 16.2 Å². The monoisotopic (exact) mass is 372 g/mol. The highest BCUT2D eigenvalue weighted by Crippen LogP contribution is 2.38. The highest BCUT2D eigenvalue weighted by atomic mass is 32.2. The minimum absolute atomic E-state index is 0.0988. The zero-order valence-corrected chi connectivity index (χ0v) is 14.2. The molecule has 3 heterocycles. The molecule has 0 saturated carbocycles. The number of nitrogens with zero attached hydrogens (tertiary/aromatic N) is 3. The molecule has 132 valence electrons. The molecule has 0 fully saturated rings. The van der Waals surface area contributed by atoms with Gasteiger partial charge in [0, 0.05) is 16.8 Å². The average molecular weight is 372 g/mol. The molecular weight excluding hydrogens is 359 g/mol. The van der Waals surface area contributed by atoms with Crippen molar-refractivity contribution in [2.75, 3.05) is 11.1 Å². The number of nitro groups is 1. The Hall–Kier alpha value is -2.94. The molecule has 0 aliphatic carbocycles. The first-order valence-corrected chi connectivity index (χ1v) is 8.88. The standard InChI is InChI=1S/C17H13FN4O3S/c18-10-4-5-13-11(9-10)12(6-8-26-13)19-16-15(22(24)25)17(23)21-7-2-1-3-14(21)20-16/h1-5,7,9,12,19H,6,8H2. The van der Waals surface area contributed by atoms with Gasteiger partial charge < -0.3 is 5.32 Å². The topological polar surface area (TPSA) is 89.5 Å². The molecule has 1 aliphatic heterocycles. The lowest BCUT2D eigenvalue weighted by molar-refractivity contribution is -0.385. The number of aromatic nitrogens is 2. The van der Waals surface area contributed by atoms with Crippen LogP contribution in [0.1, 0.15) is 18.0 Å². The van der Waals surface area contributed by atoms with Gasteiger partial charge in [-0.05, 0) is 42.3 Å². The highest BCUT2D eigenvalue weighted by Gasteiger charge is 2.28. The molecule has 1 aromatic carbocycles. The molecule has 7 nitrogen and oxygen atoms in total. The minimum atomic E-state index is -0.757. The molecule has 1 aliphatic rings. The van der Waals surface area contributed by atoms with Crippen molar-refractivity contribution in [3.8, 4) is 0 Å². The lowest BCUT2D eigenvalue weighted by Gasteiger charge is -2.26. The quantitative estimate of drug-likeness (QED) is 0.560. The molecule has 1 unspecified atom stereocenters. The molecular formula is C17H13FN4O3S. The molecule has 4 rings (SSSR count). The van der Waals surface area contributed by atoms with Crippen LogP contribution in [-0.4, -0.2) is 20.1 Å². The van der Waals surface area contributed by atoms with Crippen LogP contribution in [0.25, 0.3) is 5.65 Å². The van der Waals surface area contributed by atoms with Crippen molar-refractivity contribution in [3.05, 3.63) is 74.4 Å². The van der Waals surface area contributed by atoms with Gasteiger partial charge in [-0.1, -0.05) is 6.07 Å². The number of nitrogens with one attached hydrogen (secondary N) is 1. The van der Waals surface area contributed by atoms with E-state index in [0.717, 1.165) is 15.0 Å². The van der Waals surface area contributed by atoms with Crippen molar-refractivity contribution in [3.63, 3.8) is 0 Å². The van der Waals surface area contributed by atoms with Gasteiger partial charge >= 0.3 is 11.2 Å². The van der Waals surface area contributed by atoms with Gasteiger partial charge in [0.15, 0.2) is 0 Å². The summed E-state index contributed by atoms with van der Waals surface area (Å²) in [6.07, 6.45) is 2.07. The molecule has 26 heavy (non-hydrogen) atoms. The molecule has 0 saturated heterocycles. The van der Waals surface area contributed by atoms with Crippen LogP contribution >= 0.6 is 11.8 Å². The van der Waals surface area contributed by atoms with Crippen LogP contribution in [0.15, 0.2) is 52.3 Å². The number of halogens is 1. The fourth-order valence-electron chi connectivity index (χ4n) is 3.03. The molecule has 2 aromatic heterocycles. The Balaban J connectivity index is 1.84. The Kier molecular flexibility index (Phi) is 4.08. The first kappa shape index (κ1) is 16.5. The SMILES string of the molecule is O=c1c([N+](=O)[O-])c(NC2CCSc3ccc(F)cc32)nc2ccccn12. The first-order valence-electron chi connectivity index (χ1n) is 7.89. The van der Waals surface area contributed by atoms with Crippen molar-refractivity contribution in [2.24, 2.45) is 0 Å². The van der Waals surface area contributed by atoms with Crippen molar-refractivity contribution in [2.45, 2.75) is 17.4 Å². The van der Waals surface area contributed by atoms with Crippen LogP contribution in [0.2, 0.25) is 0 Å². The maximum absolute atomic E-state index is 13.7. The molecule has 0 bridgehead atoms. The van der Waals surface area contributed by atoms with Crippen molar-refractivity contribution in [1.82, 2.24) is 9.38 Å². The average Bonchev–Trinajstić information content (AvgIpc) is 2.62. The van der Waals surface area contributed by atoms with E-state index in [9.17, 15) is 19.3 Å². The Bertz CT molecular complexity index is 1090. The van der Waals surface area contributed by atoms with E-state index in [4.69, 9.17) is 0 Å². The van der Waals surface area contributed by atoms with Gasteiger partial charge in [0.05, 0.1) is 11.0 Å². The number of pyridine rings is 1. The Labute approximate surface area is 151 Å². The van der Waals surface area contributed by atoms with Gasteiger partial charge in [-0.2, -0.15) is 0 Å². The van der Waals surface area contributed by atoms with Crippen LogP contribution in [-0.2, 0) is 0 Å². The third-order valence-electron chi connectivity index (χ3n) is 4.22. The summed E-state index contributed by atoms with van der Waals surface area (Å²) in [6, 6.07) is 9.03. The predicted molar refractivity (Wildman–Crippen MR) is 96.2 cm³/mol. The van der Waals surface area contributed by atoms with Gasteiger partial charge in [-0.15, -0.1) is 11.8 Å². The Morgan fingerprint density at radius 2 is 2.19 bits per heavy atom. The molecule has 9 heteroatoms. The maximum Gasteiger partial charge on any atom is 0.376 e. The Morgan fingerprint density at radius 3 is 3.00 bits per heavy atom. The second kappa shape index (κ2) is 6.41. The van der Waals surface area contributed by atoms with E-state index in [2.05, 4.69) is 10.3 Å². The van der Waals surface area contributed by atoms with Crippen LogP contribution in [0, 0.1) is 15.9 Å². The van der Waals surface area contributed by atoms with Crippen LogP contribution in [0.3, 0.4) is 0 Å². The lowest BCUT2D eigenvalue weighted by atomic mass is 10.0. The summed E-state index contributed by atoms with van der Waals surface area (Å²) in [5.41, 5.74) is -0.363. The molecule has 1 atom stereocenters. The van der Waals surface area contributed by atoms with Crippen molar-refractivity contribution >= 4 is 28.9 Å². The Morgan fingerprint density at radius 1 is 1.35 bits per heavy atom. The summed E-state index contributed by atoms with van der Waals surface area (Å²) in [7, 11) is 0. The summed E-state index contributed by atoms with van der Waals surface area (Å²) in [5, 5.41) is 14.5. The van der Waals surface area contributed by atoms with E-state index in [1.165, 1.54) is 18.3 Å². The number of fused-ring (bicyclic) bond motifs is 2. The van der Waals surface area contributed by atoms with E-state index in [1.54, 1.807) is 36.0 Å². The summed E-state index contributed by atoms with van der Waals surface area (Å²) in [5.74, 6) is 0.300. The second-order valence-corrected chi connectivity index (χ2v) is 6.95. The van der Waals surface area contributed by atoms with E-state index >= 15 is 0 Å². The molecule has 1 N–H and O–H groups in total. The van der Waals surface area contributed by atoms with Crippen molar-refractivity contribution < 1.29 is 9.31 Å². The molecule has 0 amide bonds. The summed E-state index contributed by atoms with van der Waals surface area (Å²) < 4.78 is 14.8. The third-order valence-corrected chi connectivity index (χ3v) is 5.34. The van der Waals surface area contributed by atoms with Crippen molar-refractivity contribution in [1.29, 1.82) is 0 Å². The third kappa shape index (κ3) is 2.80. The van der Waals surface area contributed by atoms with Crippen LogP contribution in [0.4, 0.5) is 15.9 Å².